The Bertz CT molecular complexity index is 510. The van der Waals surface area contributed by atoms with Crippen molar-refractivity contribution in [3.63, 3.8) is 0 Å². The van der Waals surface area contributed by atoms with Crippen LogP contribution in [0.3, 0.4) is 0 Å². The molecule has 1 amide bonds. The van der Waals surface area contributed by atoms with E-state index < -0.39 is 5.97 Å². The highest BCUT2D eigenvalue weighted by molar-refractivity contribution is 7.99. The number of amides is 1. The van der Waals surface area contributed by atoms with Crippen LogP contribution >= 0.6 is 23.4 Å². The summed E-state index contributed by atoms with van der Waals surface area (Å²) in [5.41, 5.74) is 0.776. The van der Waals surface area contributed by atoms with Crippen LogP contribution in [0.1, 0.15) is 18.4 Å². The molecule has 1 aromatic carbocycles. The molecule has 0 bridgehead atoms. The minimum atomic E-state index is -0.907. The molecule has 1 aliphatic heterocycles. The normalized spacial score (nSPS) is 22.4. The predicted molar refractivity (Wildman–Crippen MR) is 78.5 cm³/mol. The molecule has 1 aromatic rings. The van der Waals surface area contributed by atoms with Gasteiger partial charge in [0.15, 0.2) is 0 Å². The van der Waals surface area contributed by atoms with Gasteiger partial charge in [0, 0.05) is 23.2 Å². The average Bonchev–Trinajstić information content (AvgIpc) is 2.35. The maximum absolute atomic E-state index is 11.6. The molecule has 0 saturated carbocycles. The molecule has 0 spiro atoms. The zero-order valence-corrected chi connectivity index (χ0v) is 12.2. The van der Waals surface area contributed by atoms with Gasteiger partial charge in [-0.05, 0) is 17.7 Å². The standard InChI is InChI=1S/C13H15ClN2O3S/c14-9-3-1-2-8(4-9)7-20-13-15-10(6-12(18)19)5-11(17)16-13/h1-4,10,13,15H,5-7H2,(H,16,17)(H,18,19). The average molecular weight is 315 g/mol. The summed E-state index contributed by atoms with van der Waals surface area (Å²) in [4.78, 5) is 22.3. The number of carboxylic acid groups (broad SMARTS) is 1. The van der Waals surface area contributed by atoms with E-state index in [0.29, 0.717) is 10.8 Å². The summed E-state index contributed by atoms with van der Waals surface area (Å²) in [6, 6.07) is 7.18. The van der Waals surface area contributed by atoms with Gasteiger partial charge in [-0.3, -0.25) is 14.9 Å². The first-order chi connectivity index (χ1) is 9.52. The minimum Gasteiger partial charge on any atom is -0.481 e. The molecule has 1 fully saturated rings. The Hall–Kier alpha value is -1.24. The third kappa shape index (κ3) is 4.70. The Balaban J connectivity index is 1.88. The number of nitrogens with one attached hydrogen (secondary N) is 2. The van der Waals surface area contributed by atoms with E-state index in [1.165, 1.54) is 11.8 Å². The molecule has 1 saturated heterocycles. The fourth-order valence-corrected chi connectivity index (χ4v) is 3.24. The summed E-state index contributed by atoms with van der Waals surface area (Å²) < 4.78 is 0. The van der Waals surface area contributed by atoms with E-state index in [-0.39, 0.29) is 30.3 Å². The van der Waals surface area contributed by atoms with Crippen molar-refractivity contribution in [3.05, 3.63) is 34.9 Å². The molecule has 7 heteroatoms. The van der Waals surface area contributed by atoms with Crippen LogP contribution in [0.15, 0.2) is 24.3 Å². The van der Waals surface area contributed by atoms with Gasteiger partial charge in [-0.1, -0.05) is 23.7 Å². The van der Waals surface area contributed by atoms with Crippen molar-refractivity contribution in [3.8, 4) is 0 Å². The molecule has 1 aliphatic rings. The second kappa shape index (κ2) is 6.97. The third-order valence-corrected chi connectivity index (χ3v) is 4.16. The van der Waals surface area contributed by atoms with E-state index in [4.69, 9.17) is 16.7 Å². The quantitative estimate of drug-likeness (QED) is 0.772. The number of thioether (sulfide) groups is 1. The van der Waals surface area contributed by atoms with Crippen molar-refractivity contribution in [2.24, 2.45) is 0 Å². The summed E-state index contributed by atoms with van der Waals surface area (Å²) in [5, 5.41) is 15.4. The number of carbonyl (C=O) groups excluding carboxylic acids is 1. The van der Waals surface area contributed by atoms with E-state index in [1.54, 1.807) is 6.07 Å². The second-order valence-electron chi connectivity index (χ2n) is 4.55. The number of halogens is 1. The number of hydrogen-bond donors (Lipinski definition) is 3. The Morgan fingerprint density at radius 3 is 3.00 bits per heavy atom. The van der Waals surface area contributed by atoms with Gasteiger partial charge in [0.05, 0.1) is 6.42 Å². The maximum Gasteiger partial charge on any atom is 0.304 e. The highest BCUT2D eigenvalue weighted by atomic mass is 35.5. The van der Waals surface area contributed by atoms with E-state index in [1.807, 2.05) is 18.2 Å². The monoisotopic (exact) mass is 314 g/mol. The fraction of sp³-hybridized carbons (Fsp3) is 0.385. The van der Waals surface area contributed by atoms with Crippen molar-refractivity contribution in [1.29, 1.82) is 0 Å². The summed E-state index contributed by atoms with van der Waals surface area (Å²) in [5.74, 6) is -0.354. The van der Waals surface area contributed by atoms with Crippen LogP contribution < -0.4 is 10.6 Å². The van der Waals surface area contributed by atoms with Gasteiger partial charge in [-0.15, -0.1) is 11.8 Å². The van der Waals surface area contributed by atoms with E-state index in [2.05, 4.69) is 10.6 Å². The lowest BCUT2D eigenvalue weighted by Gasteiger charge is -2.30. The van der Waals surface area contributed by atoms with Gasteiger partial charge in [0.2, 0.25) is 5.91 Å². The fourth-order valence-electron chi connectivity index (χ4n) is 1.98. The maximum atomic E-state index is 11.6. The van der Waals surface area contributed by atoms with E-state index >= 15 is 0 Å². The lowest BCUT2D eigenvalue weighted by molar-refractivity contribution is -0.138. The highest BCUT2D eigenvalue weighted by Crippen LogP contribution is 2.20. The molecule has 0 aromatic heterocycles. The Labute approximate surface area is 126 Å². The van der Waals surface area contributed by atoms with Crippen LogP contribution in [-0.4, -0.2) is 28.5 Å². The molecule has 108 valence electrons. The first-order valence-corrected chi connectivity index (χ1v) is 7.59. The van der Waals surface area contributed by atoms with Crippen molar-refractivity contribution >= 4 is 35.2 Å². The molecule has 2 atom stereocenters. The van der Waals surface area contributed by atoms with Crippen molar-refractivity contribution in [2.75, 3.05) is 0 Å². The molecule has 5 nitrogen and oxygen atoms in total. The summed E-state index contributed by atoms with van der Waals surface area (Å²) in [6.07, 6.45) is 0.141. The topological polar surface area (TPSA) is 78.4 Å². The van der Waals surface area contributed by atoms with Crippen molar-refractivity contribution in [1.82, 2.24) is 10.6 Å². The number of aliphatic carboxylic acids is 1. The first-order valence-electron chi connectivity index (χ1n) is 6.16. The van der Waals surface area contributed by atoms with Gasteiger partial charge >= 0.3 is 5.97 Å². The Kier molecular flexibility index (Phi) is 5.28. The molecule has 0 aliphatic carbocycles. The van der Waals surface area contributed by atoms with Gasteiger partial charge < -0.3 is 10.4 Å². The summed E-state index contributed by atoms with van der Waals surface area (Å²) in [7, 11) is 0. The number of benzene rings is 1. The first kappa shape index (κ1) is 15.2. The van der Waals surface area contributed by atoms with E-state index in [0.717, 1.165) is 5.56 Å². The zero-order valence-electron chi connectivity index (χ0n) is 10.6. The van der Waals surface area contributed by atoms with Crippen LogP contribution in [0.5, 0.6) is 0 Å². The van der Waals surface area contributed by atoms with Crippen LogP contribution in [0, 0.1) is 0 Å². The molecule has 1 heterocycles. The van der Waals surface area contributed by atoms with Gasteiger partial charge in [0.25, 0.3) is 0 Å². The SMILES string of the molecule is O=C(O)CC1CC(=O)NC(SCc2cccc(Cl)c2)N1. The lowest BCUT2D eigenvalue weighted by Crippen LogP contribution is -2.55. The smallest absolute Gasteiger partial charge is 0.304 e. The number of hydrogen-bond acceptors (Lipinski definition) is 4. The largest absolute Gasteiger partial charge is 0.481 e. The molecular formula is C13H15ClN2O3S. The predicted octanol–water partition coefficient (Wildman–Crippen LogP) is 1.81. The summed E-state index contributed by atoms with van der Waals surface area (Å²) in [6.45, 7) is 0. The summed E-state index contributed by atoms with van der Waals surface area (Å²) >= 11 is 7.41. The number of carboxylic acids is 1. The van der Waals surface area contributed by atoms with Crippen molar-refractivity contribution in [2.45, 2.75) is 30.1 Å². The zero-order chi connectivity index (χ0) is 14.5. The third-order valence-electron chi connectivity index (χ3n) is 2.84. The number of rotatable bonds is 5. The molecular weight excluding hydrogens is 300 g/mol. The second-order valence-corrected chi connectivity index (χ2v) is 6.08. The van der Waals surface area contributed by atoms with Crippen molar-refractivity contribution < 1.29 is 14.7 Å². The lowest BCUT2D eigenvalue weighted by atomic mass is 10.1. The van der Waals surface area contributed by atoms with Gasteiger partial charge in [-0.25, -0.2) is 0 Å². The highest BCUT2D eigenvalue weighted by Gasteiger charge is 2.27. The Morgan fingerprint density at radius 1 is 1.50 bits per heavy atom. The molecule has 2 rings (SSSR count). The molecule has 2 unspecified atom stereocenters. The minimum absolute atomic E-state index is 0.0539. The van der Waals surface area contributed by atoms with Crippen LogP contribution in [0.25, 0.3) is 0 Å². The van der Waals surface area contributed by atoms with Gasteiger partial charge in [-0.2, -0.15) is 0 Å². The van der Waals surface area contributed by atoms with Crippen LogP contribution in [-0.2, 0) is 15.3 Å². The van der Waals surface area contributed by atoms with Gasteiger partial charge in [0.1, 0.15) is 5.50 Å². The Morgan fingerprint density at radius 2 is 2.30 bits per heavy atom. The molecule has 0 radical (unpaired) electrons. The van der Waals surface area contributed by atoms with E-state index in [9.17, 15) is 9.59 Å². The number of carbonyl (C=O) groups is 2. The van der Waals surface area contributed by atoms with Crippen LogP contribution in [0.4, 0.5) is 0 Å². The molecule has 20 heavy (non-hydrogen) atoms. The van der Waals surface area contributed by atoms with Crippen LogP contribution in [0.2, 0.25) is 5.02 Å². The molecule has 3 N–H and O–H groups in total.